The number of carbonyl (C=O) groups is 1. The van der Waals surface area contributed by atoms with Crippen LogP contribution in [0.15, 0.2) is 28.7 Å². The van der Waals surface area contributed by atoms with Gasteiger partial charge in [-0.2, -0.15) is 5.10 Å². The van der Waals surface area contributed by atoms with Gasteiger partial charge in [0.2, 0.25) is 5.91 Å². The van der Waals surface area contributed by atoms with Crippen molar-refractivity contribution in [3.63, 3.8) is 0 Å². The SMILES string of the molecule is Cc1cc(C)n(-c2cc(NC(=O)CNC[C@@H]3CCNC3)nc(-c3ccc(C)o3)n2)n1. The molecule has 1 aliphatic heterocycles. The molecule has 0 saturated carbocycles. The van der Waals surface area contributed by atoms with Gasteiger partial charge in [0, 0.05) is 11.8 Å². The molecule has 0 bridgehead atoms. The molecule has 0 spiro atoms. The lowest BCUT2D eigenvalue weighted by atomic mass is 10.1. The molecular formula is C21H27N7O2. The Bertz CT molecular complexity index is 1030. The van der Waals surface area contributed by atoms with E-state index in [1.807, 2.05) is 39.0 Å². The van der Waals surface area contributed by atoms with E-state index in [-0.39, 0.29) is 12.5 Å². The second-order valence-corrected chi connectivity index (χ2v) is 7.72. The molecule has 3 aromatic rings. The molecule has 0 radical (unpaired) electrons. The van der Waals surface area contributed by atoms with E-state index < -0.39 is 0 Å². The van der Waals surface area contributed by atoms with Crippen molar-refractivity contribution in [2.75, 3.05) is 31.5 Å². The van der Waals surface area contributed by atoms with Crippen LogP contribution in [0.3, 0.4) is 0 Å². The number of rotatable bonds is 7. The van der Waals surface area contributed by atoms with Gasteiger partial charge in [-0.3, -0.25) is 4.79 Å². The maximum Gasteiger partial charge on any atom is 0.239 e. The second kappa shape index (κ2) is 8.76. The number of nitrogens with one attached hydrogen (secondary N) is 3. The summed E-state index contributed by atoms with van der Waals surface area (Å²) in [7, 11) is 0. The molecule has 0 unspecified atom stereocenters. The molecule has 3 N–H and O–H groups in total. The number of hydrogen-bond donors (Lipinski definition) is 3. The van der Waals surface area contributed by atoms with Crippen molar-refractivity contribution in [1.29, 1.82) is 0 Å². The van der Waals surface area contributed by atoms with Gasteiger partial charge in [-0.15, -0.1) is 0 Å². The first-order valence-corrected chi connectivity index (χ1v) is 10.2. The maximum atomic E-state index is 12.5. The van der Waals surface area contributed by atoms with Crippen LogP contribution in [0.2, 0.25) is 0 Å². The Kier molecular flexibility index (Phi) is 5.91. The minimum absolute atomic E-state index is 0.152. The Morgan fingerprint density at radius 1 is 1.27 bits per heavy atom. The Balaban J connectivity index is 1.54. The Morgan fingerprint density at radius 2 is 2.13 bits per heavy atom. The summed E-state index contributed by atoms with van der Waals surface area (Å²) < 4.78 is 7.43. The lowest BCUT2D eigenvalue weighted by molar-refractivity contribution is -0.115. The number of aromatic nitrogens is 4. The molecular weight excluding hydrogens is 382 g/mol. The molecule has 0 aromatic carbocycles. The van der Waals surface area contributed by atoms with Crippen LogP contribution >= 0.6 is 0 Å². The topological polar surface area (TPSA) is 110 Å². The van der Waals surface area contributed by atoms with Crippen LogP contribution in [0.1, 0.15) is 23.6 Å². The van der Waals surface area contributed by atoms with Crippen molar-refractivity contribution >= 4 is 11.7 Å². The lowest BCUT2D eigenvalue weighted by Crippen LogP contribution is -2.32. The summed E-state index contributed by atoms with van der Waals surface area (Å²) in [5.41, 5.74) is 1.83. The van der Waals surface area contributed by atoms with Crippen LogP contribution < -0.4 is 16.0 Å². The quantitative estimate of drug-likeness (QED) is 0.547. The van der Waals surface area contributed by atoms with Crippen LogP contribution in [0.25, 0.3) is 17.4 Å². The minimum atomic E-state index is -0.152. The van der Waals surface area contributed by atoms with Crippen molar-refractivity contribution in [2.24, 2.45) is 5.92 Å². The number of furan rings is 1. The molecule has 4 heterocycles. The molecule has 1 amide bonds. The number of aryl methyl sites for hydroxylation is 3. The van der Waals surface area contributed by atoms with Crippen molar-refractivity contribution in [2.45, 2.75) is 27.2 Å². The number of amides is 1. The fourth-order valence-electron chi connectivity index (χ4n) is 3.60. The Morgan fingerprint density at radius 3 is 2.80 bits per heavy atom. The third kappa shape index (κ3) is 4.74. The summed E-state index contributed by atoms with van der Waals surface area (Å²) in [6.45, 7) is 8.84. The standard InChI is InChI=1S/C21H27N7O2/c1-13-8-14(2)28(27-13)19-9-18(25-21(26-19)17-5-4-15(3)30-17)24-20(29)12-23-11-16-6-7-22-10-16/h4-5,8-9,16,22-23H,6-7,10-12H2,1-3H3,(H,24,25,26,29)/t16-/m1/s1. The largest absolute Gasteiger partial charge is 0.458 e. The second-order valence-electron chi connectivity index (χ2n) is 7.72. The molecule has 4 rings (SSSR count). The van der Waals surface area contributed by atoms with Crippen LogP contribution in [0, 0.1) is 26.7 Å². The monoisotopic (exact) mass is 409 g/mol. The van der Waals surface area contributed by atoms with Gasteiger partial charge in [0.25, 0.3) is 0 Å². The van der Waals surface area contributed by atoms with Crippen molar-refractivity contribution in [3.8, 4) is 17.4 Å². The zero-order valence-electron chi connectivity index (χ0n) is 17.5. The zero-order chi connectivity index (χ0) is 21.1. The number of hydrogen-bond acceptors (Lipinski definition) is 7. The molecule has 1 atom stereocenters. The first kappa shape index (κ1) is 20.2. The highest BCUT2D eigenvalue weighted by atomic mass is 16.3. The van der Waals surface area contributed by atoms with Gasteiger partial charge in [-0.25, -0.2) is 14.6 Å². The highest BCUT2D eigenvalue weighted by molar-refractivity contribution is 5.91. The molecule has 3 aromatic heterocycles. The van der Waals surface area contributed by atoms with E-state index in [0.29, 0.717) is 29.1 Å². The Labute approximate surface area is 175 Å². The molecule has 9 heteroatoms. The van der Waals surface area contributed by atoms with Gasteiger partial charge < -0.3 is 20.4 Å². The summed E-state index contributed by atoms with van der Waals surface area (Å²) >= 11 is 0. The third-order valence-corrected chi connectivity index (χ3v) is 5.05. The fraction of sp³-hybridized carbons (Fsp3) is 0.429. The molecule has 158 valence electrons. The van der Waals surface area contributed by atoms with Gasteiger partial charge in [0.05, 0.1) is 12.2 Å². The first-order valence-electron chi connectivity index (χ1n) is 10.2. The lowest BCUT2D eigenvalue weighted by Gasteiger charge is -2.11. The van der Waals surface area contributed by atoms with Crippen molar-refractivity contribution in [1.82, 2.24) is 30.4 Å². The molecule has 1 aliphatic rings. The van der Waals surface area contributed by atoms with Gasteiger partial charge in [0.15, 0.2) is 17.4 Å². The van der Waals surface area contributed by atoms with E-state index in [4.69, 9.17) is 4.42 Å². The van der Waals surface area contributed by atoms with Crippen molar-refractivity contribution < 1.29 is 9.21 Å². The minimum Gasteiger partial charge on any atom is -0.458 e. The summed E-state index contributed by atoms with van der Waals surface area (Å²) in [4.78, 5) is 21.6. The number of nitrogens with zero attached hydrogens (tertiary/aromatic N) is 4. The maximum absolute atomic E-state index is 12.5. The van der Waals surface area contributed by atoms with Gasteiger partial charge in [-0.05, 0) is 70.9 Å². The molecule has 0 aliphatic carbocycles. The highest BCUT2D eigenvalue weighted by Crippen LogP contribution is 2.22. The van der Waals surface area contributed by atoms with Crippen LogP contribution in [0.5, 0.6) is 0 Å². The third-order valence-electron chi connectivity index (χ3n) is 5.05. The summed E-state index contributed by atoms with van der Waals surface area (Å²) in [6, 6.07) is 7.36. The van der Waals surface area contributed by atoms with E-state index >= 15 is 0 Å². The summed E-state index contributed by atoms with van der Waals surface area (Å²) in [6.07, 6.45) is 1.14. The van der Waals surface area contributed by atoms with E-state index in [0.717, 1.165) is 43.2 Å². The van der Waals surface area contributed by atoms with Crippen LogP contribution in [-0.2, 0) is 4.79 Å². The summed E-state index contributed by atoms with van der Waals surface area (Å²) in [5.74, 6) is 3.10. The van der Waals surface area contributed by atoms with E-state index in [1.54, 1.807) is 10.7 Å². The smallest absolute Gasteiger partial charge is 0.239 e. The normalized spacial score (nSPS) is 16.2. The molecule has 30 heavy (non-hydrogen) atoms. The van der Waals surface area contributed by atoms with Crippen molar-refractivity contribution in [3.05, 3.63) is 41.4 Å². The predicted molar refractivity (Wildman–Crippen MR) is 114 cm³/mol. The fourth-order valence-corrected chi connectivity index (χ4v) is 3.60. The summed E-state index contributed by atoms with van der Waals surface area (Å²) in [5, 5.41) is 13.9. The zero-order valence-corrected chi connectivity index (χ0v) is 17.5. The number of carbonyl (C=O) groups excluding carboxylic acids is 1. The first-order chi connectivity index (χ1) is 14.5. The van der Waals surface area contributed by atoms with Gasteiger partial charge in [-0.1, -0.05) is 0 Å². The predicted octanol–water partition coefficient (Wildman–Crippen LogP) is 1.99. The van der Waals surface area contributed by atoms with Crippen LogP contribution in [-0.4, -0.2) is 51.8 Å². The van der Waals surface area contributed by atoms with Gasteiger partial charge >= 0.3 is 0 Å². The highest BCUT2D eigenvalue weighted by Gasteiger charge is 2.16. The number of anilines is 1. The van der Waals surface area contributed by atoms with Gasteiger partial charge in [0.1, 0.15) is 11.6 Å². The average molecular weight is 409 g/mol. The Hall–Kier alpha value is -3.04. The molecule has 1 fully saturated rings. The molecule has 1 saturated heterocycles. The average Bonchev–Trinajstić information content (AvgIpc) is 3.43. The van der Waals surface area contributed by atoms with Crippen LogP contribution in [0.4, 0.5) is 5.82 Å². The van der Waals surface area contributed by atoms with E-state index in [2.05, 4.69) is 31.0 Å². The van der Waals surface area contributed by atoms with E-state index in [9.17, 15) is 4.79 Å². The van der Waals surface area contributed by atoms with E-state index in [1.165, 1.54) is 0 Å². The molecule has 9 nitrogen and oxygen atoms in total.